The van der Waals surface area contributed by atoms with Crippen molar-refractivity contribution in [3.05, 3.63) is 96.1 Å². The minimum Gasteiger partial charge on any atom is -0.467 e. The number of carbonyl (C=O) groups excluding carboxylic acids is 1. The molecule has 1 N–H and O–H groups in total. The van der Waals surface area contributed by atoms with Crippen LogP contribution < -0.4 is 5.32 Å². The molecule has 4 heteroatoms. The molecule has 0 saturated heterocycles. The van der Waals surface area contributed by atoms with E-state index in [0.717, 1.165) is 11.3 Å². The van der Waals surface area contributed by atoms with E-state index in [9.17, 15) is 4.79 Å². The van der Waals surface area contributed by atoms with E-state index in [1.54, 1.807) is 6.26 Å². The number of carbonyl (C=O) groups is 1. The number of rotatable bonds is 6. The van der Waals surface area contributed by atoms with Gasteiger partial charge in [-0.1, -0.05) is 48.5 Å². The lowest BCUT2D eigenvalue weighted by Gasteiger charge is -2.17. The predicted octanol–water partition coefficient (Wildman–Crippen LogP) is 4.61. The summed E-state index contributed by atoms with van der Waals surface area (Å²) >= 11 is 0. The molecule has 4 aromatic rings. The van der Waals surface area contributed by atoms with E-state index in [1.165, 1.54) is 16.5 Å². The molecule has 0 aliphatic rings. The fraction of sp³-hybridized carbons (Fsp3) is 0.174. The van der Waals surface area contributed by atoms with E-state index in [4.69, 9.17) is 4.42 Å². The normalized spacial score (nSPS) is 12.2. The molecule has 4 nitrogen and oxygen atoms in total. The fourth-order valence-electron chi connectivity index (χ4n) is 3.60. The van der Waals surface area contributed by atoms with E-state index >= 15 is 0 Å². The van der Waals surface area contributed by atoms with Crippen molar-refractivity contribution in [2.45, 2.75) is 18.9 Å². The molecule has 0 fully saturated rings. The standard InChI is InChI=1S/C23H22N2O2/c1-25-16-21(19-11-5-6-12-22(19)25)20(17-8-3-2-4-9-17)14-23(26)24-15-18-10-7-13-27-18/h2-13,16,20H,14-15H2,1H3,(H,24,26). The van der Waals surface area contributed by atoms with Gasteiger partial charge in [-0.2, -0.15) is 0 Å². The van der Waals surface area contributed by atoms with Gasteiger partial charge < -0.3 is 14.3 Å². The van der Waals surface area contributed by atoms with Crippen molar-refractivity contribution in [3.8, 4) is 0 Å². The Morgan fingerprint density at radius 3 is 2.59 bits per heavy atom. The van der Waals surface area contributed by atoms with E-state index in [1.807, 2.05) is 49.5 Å². The van der Waals surface area contributed by atoms with Crippen molar-refractivity contribution in [1.29, 1.82) is 0 Å². The number of para-hydroxylation sites is 1. The van der Waals surface area contributed by atoms with Gasteiger partial charge in [0.1, 0.15) is 5.76 Å². The molecule has 1 amide bonds. The van der Waals surface area contributed by atoms with E-state index in [0.29, 0.717) is 13.0 Å². The van der Waals surface area contributed by atoms with Crippen LogP contribution in [0.4, 0.5) is 0 Å². The van der Waals surface area contributed by atoms with Gasteiger partial charge in [-0.3, -0.25) is 4.79 Å². The van der Waals surface area contributed by atoms with Gasteiger partial charge in [0, 0.05) is 36.5 Å². The highest BCUT2D eigenvalue weighted by atomic mass is 16.3. The van der Waals surface area contributed by atoms with Gasteiger partial charge in [0.05, 0.1) is 12.8 Å². The van der Waals surface area contributed by atoms with E-state index in [2.05, 4.69) is 40.3 Å². The van der Waals surface area contributed by atoms with Crippen LogP contribution in [0.2, 0.25) is 0 Å². The first-order valence-electron chi connectivity index (χ1n) is 9.10. The maximum atomic E-state index is 12.7. The number of aromatic nitrogens is 1. The van der Waals surface area contributed by atoms with Crippen LogP contribution in [0.3, 0.4) is 0 Å². The van der Waals surface area contributed by atoms with Gasteiger partial charge in [0.25, 0.3) is 0 Å². The van der Waals surface area contributed by atoms with Gasteiger partial charge in [-0.15, -0.1) is 0 Å². The van der Waals surface area contributed by atoms with Crippen LogP contribution in [0, 0.1) is 0 Å². The zero-order chi connectivity index (χ0) is 18.6. The second-order valence-electron chi connectivity index (χ2n) is 6.74. The Kier molecular flexibility index (Phi) is 4.79. The molecule has 27 heavy (non-hydrogen) atoms. The Bertz CT molecular complexity index is 1030. The second-order valence-corrected chi connectivity index (χ2v) is 6.74. The Hall–Kier alpha value is -3.27. The van der Waals surface area contributed by atoms with Gasteiger partial charge in [0.2, 0.25) is 5.91 Å². The van der Waals surface area contributed by atoms with Crippen LogP contribution in [-0.4, -0.2) is 10.5 Å². The first-order chi connectivity index (χ1) is 13.2. The number of aryl methyl sites for hydroxylation is 1. The number of furan rings is 1. The quantitative estimate of drug-likeness (QED) is 0.547. The zero-order valence-electron chi connectivity index (χ0n) is 15.3. The summed E-state index contributed by atoms with van der Waals surface area (Å²) < 4.78 is 7.43. The number of benzene rings is 2. The van der Waals surface area contributed by atoms with Crippen molar-refractivity contribution in [2.75, 3.05) is 0 Å². The molecule has 2 aromatic heterocycles. The lowest BCUT2D eigenvalue weighted by Crippen LogP contribution is -2.24. The number of hydrogen-bond donors (Lipinski definition) is 1. The molecule has 2 aromatic carbocycles. The molecule has 0 bridgehead atoms. The highest BCUT2D eigenvalue weighted by molar-refractivity contribution is 5.86. The van der Waals surface area contributed by atoms with Crippen molar-refractivity contribution in [1.82, 2.24) is 9.88 Å². The molecule has 1 atom stereocenters. The molecule has 2 heterocycles. The molecule has 1 unspecified atom stereocenters. The average Bonchev–Trinajstić information content (AvgIpc) is 3.34. The predicted molar refractivity (Wildman–Crippen MR) is 106 cm³/mol. The first kappa shape index (κ1) is 17.2. The smallest absolute Gasteiger partial charge is 0.221 e. The Morgan fingerprint density at radius 1 is 1.04 bits per heavy atom. The summed E-state index contributed by atoms with van der Waals surface area (Å²) in [6.45, 7) is 0.406. The number of nitrogens with zero attached hydrogens (tertiary/aromatic N) is 1. The van der Waals surface area contributed by atoms with Crippen molar-refractivity contribution in [3.63, 3.8) is 0 Å². The molecule has 0 aliphatic heterocycles. The maximum absolute atomic E-state index is 12.7. The molecule has 0 saturated carbocycles. The number of hydrogen-bond acceptors (Lipinski definition) is 2. The van der Waals surface area contributed by atoms with E-state index < -0.39 is 0 Å². The fourth-order valence-corrected chi connectivity index (χ4v) is 3.60. The summed E-state index contributed by atoms with van der Waals surface area (Å²) in [4.78, 5) is 12.7. The van der Waals surface area contributed by atoms with Crippen LogP contribution in [0.1, 0.15) is 29.2 Å². The second kappa shape index (κ2) is 7.54. The monoisotopic (exact) mass is 358 g/mol. The lowest BCUT2D eigenvalue weighted by atomic mass is 9.88. The molecule has 0 spiro atoms. The van der Waals surface area contributed by atoms with Crippen LogP contribution in [0.25, 0.3) is 10.9 Å². The van der Waals surface area contributed by atoms with Crippen molar-refractivity contribution < 1.29 is 9.21 Å². The highest BCUT2D eigenvalue weighted by Gasteiger charge is 2.22. The molecule has 136 valence electrons. The molecule has 4 rings (SSSR count). The topological polar surface area (TPSA) is 47.2 Å². The number of fused-ring (bicyclic) bond motifs is 1. The average molecular weight is 358 g/mol. The summed E-state index contributed by atoms with van der Waals surface area (Å²) in [5.41, 5.74) is 3.49. The van der Waals surface area contributed by atoms with Gasteiger partial charge >= 0.3 is 0 Å². The molecule has 0 radical (unpaired) electrons. The van der Waals surface area contributed by atoms with Gasteiger partial charge in [0.15, 0.2) is 0 Å². The third-order valence-corrected chi connectivity index (χ3v) is 4.93. The van der Waals surface area contributed by atoms with Crippen LogP contribution in [0.15, 0.2) is 83.6 Å². The third-order valence-electron chi connectivity index (χ3n) is 4.93. The van der Waals surface area contributed by atoms with Gasteiger partial charge in [-0.05, 0) is 29.3 Å². The van der Waals surface area contributed by atoms with E-state index in [-0.39, 0.29) is 11.8 Å². The minimum absolute atomic E-state index is 0.00565. The third kappa shape index (κ3) is 3.65. The van der Waals surface area contributed by atoms with Crippen molar-refractivity contribution in [2.24, 2.45) is 7.05 Å². The summed E-state index contributed by atoms with van der Waals surface area (Å²) in [5, 5.41) is 4.16. The minimum atomic E-state index is -0.00565. The van der Waals surface area contributed by atoms with Crippen LogP contribution in [0.5, 0.6) is 0 Å². The summed E-state index contributed by atoms with van der Waals surface area (Å²) in [6.07, 6.45) is 4.14. The summed E-state index contributed by atoms with van der Waals surface area (Å²) in [6, 6.07) is 22.2. The van der Waals surface area contributed by atoms with Gasteiger partial charge in [-0.25, -0.2) is 0 Å². The SMILES string of the molecule is Cn1cc(C(CC(=O)NCc2ccco2)c2ccccc2)c2ccccc21. The maximum Gasteiger partial charge on any atom is 0.221 e. The Labute approximate surface area is 158 Å². The highest BCUT2D eigenvalue weighted by Crippen LogP contribution is 2.34. The Balaban J connectivity index is 1.64. The largest absolute Gasteiger partial charge is 0.467 e. The lowest BCUT2D eigenvalue weighted by molar-refractivity contribution is -0.121. The molecular formula is C23H22N2O2. The van der Waals surface area contributed by atoms with Crippen LogP contribution >= 0.6 is 0 Å². The zero-order valence-corrected chi connectivity index (χ0v) is 15.3. The molecular weight excluding hydrogens is 336 g/mol. The Morgan fingerprint density at radius 2 is 1.81 bits per heavy atom. The first-order valence-corrected chi connectivity index (χ1v) is 9.10. The van der Waals surface area contributed by atoms with Crippen LogP contribution in [-0.2, 0) is 18.4 Å². The number of amides is 1. The van der Waals surface area contributed by atoms with Crippen molar-refractivity contribution >= 4 is 16.8 Å². The number of nitrogens with one attached hydrogen (secondary N) is 1. The summed E-state index contributed by atoms with van der Waals surface area (Å²) in [5.74, 6) is 0.756. The summed E-state index contributed by atoms with van der Waals surface area (Å²) in [7, 11) is 2.05. The molecule has 0 aliphatic carbocycles.